The molecule has 1 amide bonds. The zero-order chi connectivity index (χ0) is 20.2. The molecule has 2 fully saturated rings. The average Bonchev–Trinajstić information content (AvgIpc) is 3.17. The zero-order valence-electron chi connectivity index (χ0n) is 18.1. The number of carbonyl (C=O) groups excluding carboxylic acids is 1. The van der Waals surface area contributed by atoms with Crippen LogP contribution in [0.15, 0.2) is 4.99 Å². The van der Waals surface area contributed by atoms with Gasteiger partial charge in [0.25, 0.3) is 0 Å². The second kappa shape index (κ2) is 15.2. The Hall–Kier alpha value is -0.690. The Labute approximate surface area is 192 Å². The number of aliphatic imine (C=N–C) groups is 1. The molecule has 1 atom stereocenters. The highest BCUT2D eigenvalue weighted by Gasteiger charge is 2.25. The molecule has 10 heteroatoms. The van der Waals surface area contributed by atoms with Gasteiger partial charge in [0.15, 0.2) is 5.96 Å². The number of nitrogens with zero attached hydrogens (tertiary/aromatic N) is 4. The summed E-state index contributed by atoms with van der Waals surface area (Å²) in [6.07, 6.45) is 1.07. The van der Waals surface area contributed by atoms with E-state index in [-0.39, 0.29) is 36.4 Å². The second-order valence-electron chi connectivity index (χ2n) is 7.48. The summed E-state index contributed by atoms with van der Waals surface area (Å²) in [5.41, 5.74) is 0. The van der Waals surface area contributed by atoms with Crippen molar-refractivity contribution in [2.24, 2.45) is 10.9 Å². The number of likely N-dealkylation sites (N-methyl/N-ethyl adjacent to an activating group) is 1. The number of guanidine groups is 1. The summed E-state index contributed by atoms with van der Waals surface area (Å²) in [5, 5.41) is 3.46. The Morgan fingerprint density at radius 3 is 2.69 bits per heavy atom. The molecule has 9 nitrogen and oxygen atoms in total. The molecule has 0 aromatic rings. The third kappa shape index (κ3) is 10.3. The first-order valence-electron chi connectivity index (χ1n) is 10.2. The van der Waals surface area contributed by atoms with Crippen LogP contribution in [0.1, 0.15) is 6.42 Å². The normalized spacial score (nSPS) is 20.4. The molecule has 1 N–H and O–H groups in total. The summed E-state index contributed by atoms with van der Waals surface area (Å²) in [6, 6.07) is 0. The van der Waals surface area contributed by atoms with Crippen LogP contribution in [0.5, 0.6) is 0 Å². The molecule has 2 rings (SSSR count). The van der Waals surface area contributed by atoms with E-state index in [0.29, 0.717) is 19.1 Å². The van der Waals surface area contributed by atoms with Gasteiger partial charge in [-0.05, 0) is 6.42 Å². The Balaban J connectivity index is 0.00000420. The smallest absolute Gasteiger partial charge is 0.243 e. The molecular weight excluding hydrogens is 489 g/mol. The van der Waals surface area contributed by atoms with Crippen LogP contribution in [-0.4, -0.2) is 127 Å². The average molecular weight is 527 g/mol. The van der Waals surface area contributed by atoms with Crippen molar-refractivity contribution in [2.45, 2.75) is 6.42 Å². The summed E-state index contributed by atoms with van der Waals surface area (Å²) in [5.74, 6) is 1.31. The minimum absolute atomic E-state index is 0. The standard InChI is InChI=1S/C19H37N5O4.HI/c1-22(2)18(25)14-21-19(20-5-7-23-8-10-27-11-9-23)24-6-4-17(15-24)16-28-13-12-26-3;/h17H,4-16H2,1-3H3,(H,20,21);1H. The van der Waals surface area contributed by atoms with Gasteiger partial charge in [-0.25, -0.2) is 4.99 Å². The van der Waals surface area contributed by atoms with Crippen molar-refractivity contribution in [3.8, 4) is 0 Å². The zero-order valence-corrected chi connectivity index (χ0v) is 20.4. The van der Waals surface area contributed by atoms with Gasteiger partial charge in [-0.3, -0.25) is 9.69 Å². The lowest BCUT2D eigenvalue weighted by Gasteiger charge is -2.28. The van der Waals surface area contributed by atoms with Crippen LogP contribution in [-0.2, 0) is 19.0 Å². The minimum atomic E-state index is 0. The van der Waals surface area contributed by atoms with Crippen LogP contribution in [0.25, 0.3) is 0 Å². The van der Waals surface area contributed by atoms with Crippen molar-refractivity contribution in [3.05, 3.63) is 0 Å². The molecule has 0 aliphatic carbocycles. The molecule has 29 heavy (non-hydrogen) atoms. The molecule has 0 aromatic heterocycles. The molecule has 1 unspecified atom stereocenters. The number of amides is 1. The van der Waals surface area contributed by atoms with E-state index in [2.05, 4.69) is 20.1 Å². The van der Waals surface area contributed by atoms with Gasteiger partial charge in [-0.2, -0.15) is 0 Å². The largest absolute Gasteiger partial charge is 0.382 e. The molecular formula is C19H38IN5O4. The molecule has 0 saturated carbocycles. The van der Waals surface area contributed by atoms with Gasteiger partial charge in [-0.1, -0.05) is 0 Å². The summed E-state index contributed by atoms with van der Waals surface area (Å²) in [6.45, 7) is 9.27. The van der Waals surface area contributed by atoms with Gasteiger partial charge >= 0.3 is 0 Å². The summed E-state index contributed by atoms with van der Waals surface area (Å²) >= 11 is 0. The highest BCUT2D eigenvalue weighted by molar-refractivity contribution is 14.0. The molecule has 0 aromatic carbocycles. The lowest BCUT2D eigenvalue weighted by atomic mass is 10.1. The molecule has 2 aliphatic rings. The minimum Gasteiger partial charge on any atom is -0.382 e. The van der Waals surface area contributed by atoms with Gasteiger partial charge in [0, 0.05) is 66.4 Å². The number of carbonyl (C=O) groups is 1. The number of methoxy groups -OCH3 is 1. The van der Waals surface area contributed by atoms with Crippen molar-refractivity contribution < 1.29 is 19.0 Å². The lowest BCUT2D eigenvalue weighted by molar-refractivity contribution is -0.127. The van der Waals surface area contributed by atoms with E-state index < -0.39 is 0 Å². The number of nitrogens with one attached hydrogen (secondary N) is 1. The number of halogens is 1. The number of ether oxygens (including phenoxy) is 3. The SMILES string of the molecule is COCCOCC1CCN(C(=NCC(=O)N(C)C)NCCN2CCOCC2)C1.I. The van der Waals surface area contributed by atoms with Crippen molar-refractivity contribution in [2.75, 3.05) is 100 Å². The first-order chi connectivity index (χ1) is 13.6. The predicted octanol–water partition coefficient (Wildman–Crippen LogP) is -0.0447. The molecule has 0 bridgehead atoms. The fourth-order valence-electron chi connectivity index (χ4n) is 3.26. The number of morpholine rings is 1. The fourth-order valence-corrected chi connectivity index (χ4v) is 3.26. The van der Waals surface area contributed by atoms with E-state index >= 15 is 0 Å². The van der Waals surface area contributed by atoms with Crippen LogP contribution >= 0.6 is 24.0 Å². The van der Waals surface area contributed by atoms with Gasteiger partial charge in [0.2, 0.25) is 5.91 Å². The maximum Gasteiger partial charge on any atom is 0.243 e. The Bertz CT molecular complexity index is 489. The van der Waals surface area contributed by atoms with Crippen molar-refractivity contribution in [3.63, 3.8) is 0 Å². The van der Waals surface area contributed by atoms with E-state index in [1.165, 1.54) is 0 Å². The third-order valence-corrected chi connectivity index (χ3v) is 5.05. The quantitative estimate of drug-likeness (QED) is 0.185. The molecule has 2 aliphatic heterocycles. The molecule has 2 heterocycles. The van der Waals surface area contributed by atoms with Gasteiger partial charge in [-0.15, -0.1) is 24.0 Å². The van der Waals surface area contributed by atoms with Crippen molar-refractivity contribution in [1.29, 1.82) is 0 Å². The fraction of sp³-hybridized carbons (Fsp3) is 0.895. The van der Waals surface area contributed by atoms with E-state index in [0.717, 1.165) is 71.5 Å². The van der Waals surface area contributed by atoms with E-state index in [4.69, 9.17) is 14.2 Å². The second-order valence-corrected chi connectivity index (χ2v) is 7.48. The van der Waals surface area contributed by atoms with Crippen LogP contribution in [0.2, 0.25) is 0 Å². The highest BCUT2D eigenvalue weighted by atomic mass is 127. The number of likely N-dealkylation sites (tertiary alicyclic amines) is 1. The van der Waals surface area contributed by atoms with E-state index in [1.54, 1.807) is 26.1 Å². The topological polar surface area (TPSA) is 78.9 Å². The van der Waals surface area contributed by atoms with E-state index in [9.17, 15) is 4.79 Å². The van der Waals surface area contributed by atoms with Crippen molar-refractivity contribution in [1.82, 2.24) is 20.0 Å². The van der Waals surface area contributed by atoms with Crippen LogP contribution in [0.4, 0.5) is 0 Å². The van der Waals surface area contributed by atoms with Crippen LogP contribution in [0, 0.1) is 5.92 Å². The Morgan fingerprint density at radius 1 is 1.24 bits per heavy atom. The Kier molecular flexibility index (Phi) is 13.8. The first kappa shape index (κ1) is 26.3. The first-order valence-corrected chi connectivity index (χ1v) is 10.2. The summed E-state index contributed by atoms with van der Waals surface area (Å²) in [4.78, 5) is 22.8. The van der Waals surface area contributed by atoms with Crippen LogP contribution < -0.4 is 5.32 Å². The van der Waals surface area contributed by atoms with Crippen molar-refractivity contribution >= 4 is 35.8 Å². The van der Waals surface area contributed by atoms with Crippen LogP contribution in [0.3, 0.4) is 0 Å². The number of hydrogen-bond donors (Lipinski definition) is 1. The lowest BCUT2D eigenvalue weighted by Crippen LogP contribution is -2.46. The third-order valence-electron chi connectivity index (χ3n) is 5.05. The monoisotopic (exact) mass is 527 g/mol. The van der Waals surface area contributed by atoms with Gasteiger partial charge < -0.3 is 29.3 Å². The maximum absolute atomic E-state index is 12.0. The summed E-state index contributed by atoms with van der Waals surface area (Å²) < 4.78 is 16.1. The Morgan fingerprint density at radius 2 is 2.00 bits per heavy atom. The maximum atomic E-state index is 12.0. The molecule has 0 spiro atoms. The number of hydrogen-bond acceptors (Lipinski definition) is 6. The number of rotatable bonds is 10. The van der Waals surface area contributed by atoms with E-state index in [1.807, 2.05) is 0 Å². The molecule has 170 valence electrons. The van der Waals surface area contributed by atoms with Gasteiger partial charge in [0.1, 0.15) is 6.54 Å². The van der Waals surface area contributed by atoms with Gasteiger partial charge in [0.05, 0.1) is 33.0 Å². The highest BCUT2D eigenvalue weighted by Crippen LogP contribution is 2.16. The predicted molar refractivity (Wildman–Crippen MR) is 124 cm³/mol. The summed E-state index contributed by atoms with van der Waals surface area (Å²) in [7, 11) is 5.19. The molecule has 0 radical (unpaired) electrons. The molecule has 2 saturated heterocycles.